The van der Waals surface area contributed by atoms with Crippen molar-refractivity contribution in [1.29, 1.82) is 0 Å². The van der Waals surface area contributed by atoms with Crippen molar-refractivity contribution in [2.45, 2.75) is 46.2 Å². The van der Waals surface area contributed by atoms with Crippen LogP contribution in [0.5, 0.6) is 11.5 Å². The van der Waals surface area contributed by atoms with Gasteiger partial charge >= 0.3 is 0 Å². The third-order valence-corrected chi connectivity index (χ3v) is 6.27. The van der Waals surface area contributed by atoms with Crippen LogP contribution in [0.4, 0.5) is 5.69 Å². The second-order valence-electron chi connectivity index (χ2n) is 8.13. The number of hydrogen-bond donors (Lipinski definition) is 1. The molecule has 1 N–H and O–H groups in total. The molecule has 0 heterocycles. The molecule has 0 bridgehead atoms. The van der Waals surface area contributed by atoms with Gasteiger partial charge in [-0.25, -0.2) is 8.42 Å². The first kappa shape index (κ1) is 25.5. The Labute approximate surface area is 191 Å². The van der Waals surface area contributed by atoms with Gasteiger partial charge < -0.3 is 14.8 Å². The van der Waals surface area contributed by atoms with E-state index in [-0.39, 0.29) is 11.9 Å². The molecule has 0 saturated carbocycles. The van der Waals surface area contributed by atoms with Gasteiger partial charge in [0.1, 0.15) is 17.5 Å². The van der Waals surface area contributed by atoms with Crippen LogP contribution in [0.3, 0.4) is 0 Å². The first-order valence-electron chi connectivity index (χ1n) is 10.7. The summed E-state index contributed by atoms with van der Waals surface area (Å²) in [5.41, 5.74) is 1.34. The molecule has 7 nitrogen and oxygen atoms in total. The summed E-state index contributed by atoms with van der Waals surface area (Å²) >= 11 is 0. The summed E-state index contributed by atoms with van der Waals surface area (Å²) < 4.78 is 37.0. The maximum absolute atomic E-state index is 13.2. The van der Waals surface area contributed by atoms with Crippen LogP contribution in [0, 0.1) is 5.92 Å². The zero-order chi connectivity index (χ0) is 23.9. The van der Waals surface area contributed by atoms with Crippen LogP contribution < -0.4 is 19.1 Å². The first-order valence-corrected chi connectivity index (χ1v) is 12.6. The van der Waals surface area contributed by atoms with Crippen molar-refractivity contribution in [1.82, 2.24) is 5.32 Å². The number of nitrogens with one attached hydrogen (secondary N) is 1. The van der Waals surface area contributed by atoms with Crippen molar-refractivity contribution in [3.63, 3.8) is 0 Å². The quantitative estimate of drug-likeness (QED) is 0.542. The molecule has 0 fully saturated rings. The van der Waals surface area contributed by atoms with E-state index >= 15 is 0 Å². The molecule has 0 spiro atoms. The number of nitrogens with zero attached hydrogens (tertiary/aromatic N) is 1. The molecule has 0 aliphatic heterocycles. The number of ether oxygens (including phenoxy) is 2. The van der Waals surface area contributed by atoms with Crippen LogP contribution in [0.1, 0.15) is 45.7 Å². The Kier molecular flexibility index (Phi) is 8.95. The predicted molar refractivity (Wildman–Crippen MR) is 128 cm³/mol. The van der Waals surface area contributed by atoms with Gasteiger partial charge in [0.05, 0.1) is 31.7 Å². The fraction of sp³-hybridized carbons (Fsp3) is 0.458. The molecule has 0 aromatic heterocycles. The lowest BCUT2D eigenvalue weighted by Crippen LogP contribution is -2.48. The molecular formula is C24H34N2O5S. The topological polar surface area (TPSA) is 84.9 Å². The van der Waals surface area contributed by atoms with E-state index in [1.54, 1.807) is 38.3 Å². The zero-order valence-electron chi connectivity index (χ0n) is 19.7. The minimum atomic E-state index is -3.70. The van der Waals surface area contributed by atoms with Gasteiger partial charge in [0, 0.05) is 0 Å². The number of sulfonamides is 1. The highest BCUT2D eigenvalue weighted by atomic mass is 32.2. The van der Waals surface area contributed by atoms with Crippen LogP contribution in [0.15, 0.2) is 48.5 Å². The number of amides is 1. The van der Waals surface area contributed by atoms with Crippen LogP contribution in [-0.4, -0.2) is 40.3 Å². The monoisotopic (exact) mass is 462 g/mol. The summed E-state index contributed by atoms with van der Waals surface area (Å²) in [6, 6.07) is 13.0. The molecule has 0 unspecified atom stereocenters. The van der Waals surface area contributed by atoms with Crippen LogP contribution in [0.25, 0.3) is 0 Å². The Morgan fingerprint density at radius 2 is 1.56 bits per heavy atom. The molecule has 176 valence electrons. The predicted octanol–water partition coefficient (Wildman–Crippen LogP) is 4.15. The zero-order valence-corrected chi connectivity index (χ0v) is 20.5. The molecule has 1 amide bonds. The second kappa shape index (κ2) is 11.2. The molecule has 0 radical (unpaired) electrons. The molecule has 0 saturated heterocycles. The molecule has 2 aromatic rings. The average Bonchev–Trinajstić information content (AvgIpc) is 2.73. The number of anilines is 1. The van der Waals surface area contributed by atoms with Crippen LogP contribution in [0.2, 0.25) is 0 Å². The van der Waals surface area contributed by atoms with Gasteiger partial charge in [0.15, 0.2) is 0 Å². The Morgan fingerprint density at radius 3 is 2.03 bits per heavy atom. The highest BCUT2D eigenvalue weighted by Gasteiger charge is 2.30. The van der Waals surface area contributed by atoms with E-state index < -0.39 is 16.1 Å². The number of hydrogen-bond acceptors (Lipinski definition) is 5. The SMILES string of the molecule is CCOc1ccc(N([C@H](C)C(=O)N[C@@H](CC(C)C)c2ccc(OC)cc2)S(C)(=O)=O)cc1. The van der Waals surface area contributed by atoms with Crippen molar-refractivity contribution in [2.24, 2.45) is 5.92 Å². The number of carbonyl (C=O) groups is 1. The summed E-state index contributed by atoms with van der Waals surface area (Å²) in [6.07, 6.45) is 1.81. The minimum Gasteiger partial charge on any atom is -0.497 e. The van der Waals surface area contributed by atoms with E-state index in [1.165, 1.54) is 0 Å². The molecule has 8 heteroatoms. The van der Waals surface area contributed by atoms with Gasteiger partial charge in [-0.05, 0) is 68.1 Å². The van der Waals surface area contributed by atoms with E-state index in [0.717, 1.165) is 21.9 Å². The van der Waals surface area contributed by atoms with E-state index in [1.807, 2.05) is 31.2 Å². The molecule has 0 aliphatic rings. The summed E-state index contributed by atoms with van der Waals surface area (Å²) in [5.74, 6) is 1.33. The summed E-state index contributed by atoms with van der Waals surface area (Å²) in [7, 11) is -2.10. The summed E-state index contributed by atoms with van der Waals surface area (Å²) in [5, 5.41) is 3.05. The normalized spacial score (nSPS) is 13.3. The second-order valence-corrected chi connectivity index (χ2v) is 9.99. The van der Waals surface area contributed by atoms with Gasteiger partial charge in [0.25, 0.3) is 0 Å². The molecule has 2 aromatic carbocycles. The lowest BCUT2D eigenvalue weighted by Gasteiger charge is -2.30. The van der Waals surface area contributed by atoms with Crippen molar-refractivity contribution in [3.05, 3.63) is 54.1 Å². The van der Waals surface area contributed by atoms with Gasteiger partial charge in [-0.2, -0.15) is 0 Å². The Hall–Kier alpha value is -2.74. The van der Waals surface area contributed by atoms with Crippen LogP contribution >= 0.6 is 0 Å². The van der Waals surface area contributed by atoms with Crippen molar-refractivity contribution in [2.75, 3.05) is 24.3 Å². The average molecular weight is 463 g/mol. The van der Waals surface area contributed by atoms with Crippen molar-refractivity contribution < 1.29 is 22.7 Å². The largest absolute Gasteiger partial charge is 0.497 e. The third kappa shape index (κ3) is 6.88. The fourth-order valence-corrected chi connectivity index (χ4v) is 4.72. The summed E-state index contributed by atoms with van der Waals surface area (Å²) in [4.78, 5) is 13.2. The standard InChI is InChI=1S/C24H34N2O5S/c1-7-31-22-14-10-20(11-15-22)26(32(6,28)29)18(4)24(27)25-23(16-17(2)3)19-8-12-21(30-5)13-9-19/h8-15,17-18,23H,7,16H2,1-6H3,(H,25,27)/t18-,23+/m1/s1. The lowest BCUT2D eigenvalue weighted by atomic mass is 9.96. The lowest BCUT2D eigenvalue weighted by molar-refractivity contribution is -0.122. The maximum atomic E-state index is 13.2. The van der Waals surface area contributed by atoms with Crippen molar-refractivity contribution in [3.8, 4) is 11.5 Å². The van der Waals surface area contributed by atoms with E-state index in [2.05, 4.69) is 19.2 Å². The first-order chi connectivity index (χ1) is 15.1. The number of methoxy groups -OCH3 is 1. The molecule has 0 aliphatic carbocycles. The maximum Gasteiger partial charge on any atom is 0.244 e. The van der Waals surface area contributed by atoms with E-state index in [4.69, 9.17) is 9.47 Å². The Bertz CT molecular complexity index is 972. The fourth-order valence-electron chi connectivity index (χ4n) is 3.54. The Morgan fingerprint density at radius 1 is 1.00 bits per heavy atom. The van der Waals surface area contributed by atoms with Crippen LogP contribution in [-0.2, 0) is 14.8 Å². The minimum absolute atomic E-state index is 0.252. The van der Waals surface area contributed by atoms with Crippen molar-refractivity contribution >= 4 is 21.6 Å². The third-order valence-electron chi connectivity index (χ3n) is 5.03. The highest BCUT2D eigenvalue weighted by Crippen LogP contribution is 2.26. The highest BCUT2D eigenvalue weighted by molar-refractivity contribution is 7.92. The Balaban J connectivity index is 2.29. The van der Waals surface area contributed by atoms with E-state index in [0.29, 0.717) is 30.4 Å². The smallest absolute Gasteiger partial charge is 0.244 e. The van der Waals surface area contributed by atoms with Gasteiger partial charge in [-0.1, -0.05) is 26.0 Å². The van der Waals surface area contributed by atoms with Gasteiger partial charge in [0.2, 0.25) is 15.9 Å². The van der Waals surface area contributed by atoms with E-state index in [9.17, 15) is 13.2 Å². The number of rotatable bonds is 11. The summed E-state index contributed by atoms with van der Waals surface area (Å²) in [6.45, 7) is 8.13. The molecule has 2 atom stereocenters. The number of benzene rings is 2. The van der Waals surface area contributed by atoms with Gasteiger partial charge in [-0.3, -0.25) is 9.10 Å². The molecule has 2 rings (SSSR count). The molecule has 32 heavy (non-hydrogen) atoms. The number of carbonyl (C=O) groups excluding carboxylic acids is 1. The van der Waals surface area contributed by atoms with Gasteiger partial charge in [-0.15, -0.1) is 0 Å². The molecular weight excluding hydrogens is 428 g/mol.